The van der Waals surface area contributed by atoms with Gasteiger partial charge >= 0.3 is 0 Å². The second-order valence-corrected chi connectivity index (χ2v) is 8.72. The Morgan fingerprint density at radius 3 is 2.69 bits per heavy atom. The maximum atomic E-state index is 13.0. The van der Waals surface area contributed by atoms with Crippen molar-refractivity contribution in [2.75, 3.05) is 52.7 Å². The third-order valence-corrected chi connectivity index (χ3v) is 6.39. The van der Waals surface area contributed by atoms with E-state index in [0.717, 1.165) is 66.6 Å². The fourth-order valence-electron chi connectivity index (χ4n) is 4.56. The van der Waals surface area contributed by atoms with E-state index in [9.17, 15) is 4.79 Å². The number of methoxy groups -OCH3 is 1. The molecule has 4 rings (SSSR count). The number of nitrogens with zero attached hydrogens (tertiary/aromatic N) is 4. The Hall–Kier alpha value is -2.71. The van der Waals surface area contributed by atoms with Crippen molar-refractivity contribution < 1.29 is 9.53 Å². The van der Waals surface area contributed by atoms with Crippen LogP contribution >= 0.6 is 0 Å². The molecule has 32 heavy (non-hydrogen) atoms. The Balaban J connectivity index is 1.41. The summed E-state index contributed by atoms with van der Waals surface area (Å²) in [4.78, 5) is 26.8. The highest BCUT2D eigenvalue weighted by Crippen LogP contribution is 2.29. The second-order valence-electron chi connectivity index (χ2n) is 8.72. The number of nitrogens with one attached hydrogen (secondary N) is 2. The van der Waals surface area contributed by atoms with Gasteiger partial charge in [-0.05, 0) is 57.1 Å². The van der Waals surface area contributed by atoms with E-state index in [1.165, 1.54) is 0 Å². The zero-order chi connectivity index (χ0) is 22.5. The number of benzene rings is 1. The summed E-state index contributed by atoms with van der Waals surface area (Å²) in [5.41, 5.74) is 3.30. The molecule has 8 heteroatoms. The van der Waals surface area contributed by atoms with Gasteiger partial charge in [0, 0.05) is 31.6 Å². The number of amides is 1. The highest BCUT2D eigenvalue weighted by molar-refractivity contribution is 5.78. The van der Waals surface area contributed by atoms with Crippen LogP contribution in [0.5, 0.6) is 5.75 Å². The molecule has 0 radical (unpaired) electrons. The molecule has 8 nitrogen and oxygen atoms in total. The van der Waals surface area contributed by atoms with Crippen molar-refractivity contribution in [3.8, 4) is 5.75 Å². The number of anilines is 1. The molecule has 0 saturated carbocycles. The first-order chi connectivity index (χ1) is 15.6. The van der Waals surface area contributed by atoms with Crippen LogP contribution in [0.4, 0.5) is 5.82 Å². The SMILES string of the molecule is CNc1nc(C2CCNCC2)nc2c1CCN(C(=O)CN(C)Cc1ccc(OC)cc1)C2. The molecule has 1 fully saturated rings. The van der Waals surface area contributed by atoms with Crippen LogP contribution in [0, 0.1) is 0 Å². The number of likely N-dealkylation sites (N-methyl/N-ethyl adjacent to an activating group) is 1. The second kappa shape index (κ2) is 10.3. The summed E-state index contributed by atoms with van der Waals surface area (Å²) in [6, 6.07) is 7.97. The largest absolute Gasteiger partial charge is 0.497 e. The monoisotopic (exact) mass is 438 g/mol. The van der Waals surface area contributed by atoms with Crippen LogP contribution in [-0.4, -0.2) is 73.1 Å². The first kappa shape index (κ1) is 22.5. The first-order valence-corrected chi connectivity index (χ1v) is 11.4. The van der Waals surface area contributed by atoms with E-state index >= 15 is 0 Å². The van der Waals surface area contributed by atoms with Crippen LogP contribution in [0.1, 0.15) is 41.4 Å². The number of aromatic nitrogens is 2. The molecule has 3 heterocycles. The van der Waals surface area contributed by atoms with Gasteiger partial charge in [0.2, 0.25) is 5.91 Å². The molecule has 1 aromatic heterocycles. The van der Waals surface area contributed by atoms with E-state index in [1.807, 2.05) is 43.3 Å². The molecular formula is C24H34N6O2. The van der Waals surface area contributed by atoms with Gasteiger partial charge in [0.1, 0.15) is 17.4 Å². The zero-order valence-corrected chi connectivity index (χ0v) is 19.4. The van der Waals surface area contributed by atoms with Crippen molar-refractivity contribution in [2.24, 2.45) is 0 Å². The molecule has 1 saturated heterocycles. The summed E-state index contributed by atoms with van der Waals surface area (Å²) in [5.74, 6) is 3.20. The fourth-order valence-corrected chi connectivity index (χ4v) is 4.56. The van der Waals surface area contributed by atoms with Gasteiger partial charge < -0.3 is 20.3 Å². The molecule has 0 aliphatic carbocycles. The topological polar surface area (TPSA) is 82.6 Å². The van der Waals surface area contributed by atoms with Gasteiger partial charge in [0.05, 0.1) is 25.9 Å². The highest BCUT2D eigenvalue weighted by Gasteiger charge is 2.27. The first-order valence-electron chi connectivity index (χ1n) is 11.4. The van der Waals surface area contributed by atoms with Crippen molar-refractivity contribution in [1.29, 1.82) is 0 Å². The smallest absolute Gasteiger partial charge is 0.237 e. The van der Waals surface area contributed by atoms with Gasteiger partial charge in [-0.2, -0.15) is 0 Å². The van der Waals surface area contributed by atoms with Gasteiger partial charge in [0.25, 0.3) is 0 Å². The predicted molar refractivity (Wildman–Crippen MR) is 125 cm³/mol. The maximum Gasteiger partial charge on any atom is 0.237 e. The number of hydrogen-bond acceptors (Lipinski definition) is 7. The van der Waals surface area contributed by atoms with Crippen LogP contribution in [0.15, 0.2) is 24.3 Å². The summed E-state index contributed by atoms with van der Waals surface area (Å²) in [6.45, 7) is 4.36. The van der Waals surface area contributed by atoms with E-state index in [2.05, 4.69) is 15.5 Å². The van der Waals surface area contributed by atoms with E-state index in [0.29, 0.717) is 32.1 Å². The number of ether oxygens (including phenoxy) is 1. The van der Waals surface area contributed by atoms with Gasteiger partial charge in [0.15, 0.2) is 0 Å². The fraction of sp³-hybridized carbons (Fsp3) is 0.542. The van der Waals surface area contributed by atoms with Crippen LogP contribution in [-0.2, 0) is 24.3 Å². The van der Waals surface area contributed by atoms with Gasteiger partial charge in [-0.3, -0.25) is 9.69 Å². The minimum absolute atomic E-state index is 0.139. The Labute approximate surface area is 190 Å². The third-order valence-electron chi connectivity index (χ3n) is 6.39. The minimum Gasteiger partial charge on any atom is -0.497 e. The highest BCUT2D eigenvalue weighted by atomic mass is 16.5. The quantitative estimate of drug-likeness (QED) is 0.684. The molecular weight excluding hydrogens is 404 g/mol. The molecule has 0 bridgehead atoms. The zero-order valence-electron chi connectivity index (χ0n) is 19.4. The Kier molecular flexibility index (Phi) is 7.22. The number of carbonyl (C=O) groups is 1. The van der Waals surface area contributed by atoms with E-state index < -0.39 is 0 Å². The summed E-state index contributed by atoms with van der Waals surface area (Å²) >= 11 is 0. The molecule has 1 amide bonds. The molecule has 2 aliphatic rings. The van der Waals surface area contributed by atoms with Crippen LogP contribution < -0.4 is 15.4 Å². The molecule has 0 unspecified atom stereocenters. The number of hydrogen-bond donors (Lipinski definition) is 2. The number of piperidine rings is 1. The minimum atomic E-state index is 0.139. The van der Waals surface area contributed by atoms with Crippen molar-refractivity contribution >= 4 is 11.7 Å². The summed E-state index contributed by atoms with van der Waals surface area (Å²) in [5, 5.41) is 6.66. The number of fused-ring (bicyclic) bond motifs is 1. The average molecular weight is 439 g/mol. The molecule has 0 spiro atoms. The normalized spacial score (nSPS) is 16.7. The van der Waals surface area contributed by atoms with Crippen LogP contribution in [0.25, 0.3) is 0 Å². The molecule has 0 atom stereocenters. The van der Waals surface area contributed by atoms with Gasteiger partial charge in [-0.1, -0.05) is 12.1 Å². The van der Waals surface area contributed by atoms with Crippen LogP contribution in [0.2, 0.25) is 0 Å². The maximum absolute atomic E-state index is 13.0. The summed E-state index contributed by atoms with van der Waals surface area (Å²) in [6.07, 6.45) is 2.90. The molecule has 172 valence electrons. The van der Waals surface area contributed by atoms with E-state index in [-0.39, 0.29) is 5.91 Å². The number of carbonyl (C=O) groups excluding carboxylic acids is 1. The lowest BCUT2D eigenvalue weighted by molar-refractivity contribution is -0.133. The van der Waals surface area contributed by atoms with Crippen molar-refractivity contribution in [3.63, 3.8) is 0 Å². The summed E-state index contributed by atoms with van der Waals surface area (Å²) < 4.78 is 5.22. The number of rotatable bonds is 7. The predicted octanol–water partition coefficient (Wildman–Crippen LogP) is 2.01. The average Bonchev–Trinajstić information content (AvgIpc) is 2.83. The molecule has 1 aromatic carbocycles. The lowest BCUT2D eigenvalue weighted by Gasteiger charge is -2.31. The summed E-state index contributed by atoms with van der Waals surface area (Å²) in [7, 11) is 5.56. The standard InChI is InChI=1S/C24H34N6O2/c1-25-24-20-10-13-30(15-21(20)27-23(28-24)18-8-11-26-12-9-18)22(31)16-29(2)14-17-4-6-19(32-3)7-5-17/h4-7,18,26H,8-16H2,1-3H3,(H,25,27,28). The van der Waals surface area contributed by atoms with Gasteiger partial charge in [-0.15, -0.1) is 0 Å². The Morgan fingerprint density at radius 2 is 2.00 bits per heavy atom. The molecule has 2 aromatic rings. The molecule has 2 N–H and O–H groups in total. The van der Waals surface area contributed by atoms with Crippen molar-refractivity contribution in [1.82, 2.24) is 25.1 Å². The van der Waals surface area contributed by atoms with Gasteiger partial charge in [-0.25, -0.2) is 9.97 Å². The molecule has 2 aliphatic heterocycles. The van der Waals surface area contributed by atoms with Crippen molar-refractivity contribution in [3.05, 3.63) is 46.9 Å². The Morgan fingerprint density at radius 1 is 1.25 bits per heavy atom. The Bertz CT molecular complexity index is 927. The third kappa shape index (κ3) is 5.19. The van der Waals surface area contributed by atoms with Crippen molar-refractivity contribution in [2.45, 2.75) is 38.3 Å². The lowest BCUT2D eigenvalue weighted by Crippen LogP contribution is -2.42. The van der Waals surface area contributed by atoms with Crippen LogP contribution in [0.3, 0.4) is 0 Å². The lowest BCUT2D eigenvalue weighted by atomic mass is 9.96. The van der Waals surface area contributed by atoms with E-state index in [1.54, 1.807) is 7.11 Å². The van der Waals surface area contributed by atoms with E-state index in [4.69, 9.17) is 14.7 Å².